The van der Waals surface area contributed by atoms with Crippen LogP contribution < -0.4 is 15.4 Å². The fraction of sp³-hybridized carbons (Fsp3) is 0.269. The van der Waals surface area contributed by atoms with Gasteiger partial charge in [0.05, 0.1) is 42.4 Å². The summed E-state index contributed by atoms with van der Waals surface area (Å²) in [5, 5.41) is 11.1. The van der Waals surface area contributed by atoms with Gasteiger partial charge in [-0.25, -0.2) is 9.59 Å². The Morgan fingerprint density at radius 2 is 1.83 bits per heavy atom. The van der Waals surface area contributed by atoms with Gasteiger partial charge in [-0.2, -0.15) is 5.10 Å². The highest BCUT2D eigenvalue weighted by molar-refractivity contribution is 6.08. The van der Waals surface area contributed by atoms with Crippen molar-refractivity contribution in [2.75, 3.05) is 24.4 Å². The minimum atomic E-state index is -0.402. The zero-order chi connectivity index (χ0) is 24.9. The smallest absolute Gasteiger partial charge is 0.338 e. The van der Waals surface area contributed by atoms with E-state index in [2.05, 4.69) is 27.2 Å². The minimum Gasteiger partial charge on any atom is -0.497 e. The first kappa shape index (κ1) is 23.9. The fourth-order valence-electron chi connectivity index (χ4n) is 4.01. The molecule has 0 fully saturated rings. The summed E-state index contributed by atoms with van der Waals surface area (Å²) >= 11 is 0. The molecule has 0 unspecified atom stereocenters. The van der Waals surface area contributed by atoms with Gasteiger partial charge in [0.15, 0.2) is 0 Å². The van der Waals surface area contributed by atoms with E-state index >= 15 is 0 Å². The van der Waals surface area contributed by atoms with Gasteiger partial charge < -0.3 is 24.7 Å². The molecule has 9 heteroatoms. The second kappa shape index (κ2) is 10.3. The molecule has 4 aromatic rings. The highest BCUT2D eigenvalue weighted by Gasteiger charge is 2.19. The molecule has 182 valence electrons. The molecule has 0 radical (unpaired) electrons. The first-order valence-corrected chi connectivity index (χ1v) is 11.5. The topological polar surface area (TPSA) is 99.4 Å². The number of hydrogen-bond acceptors (Lipinski definition) is 5. The van der Waals surface area contributed by atoms with E-state index in [1.54, 1.807) is 38.3 Å². The van der Waals surface area contributed by atoms with Crippen LogP contribution in [0.3, 0.4) is 0 Å². The van der Waals surface area contributed by atoms with Crippen molar-refractivity contribution in [2.24, 2.45) is 0 Å². The van der Waals surface area contributed by atoms with Crippen molar-refractivity contribution in [3.05, 3.63) is 66.1 Å². The number of benzene rings is 2. The van der Waals surface area contributed by atoms with E-state index in [1.165, 1.54) is 0 Å². The summed E-state index contributed by atoms with van der Waals surface area (Å²) in [6.45, 7) is 6.94. The molecule has 0 aliphatic heterocycles. The van der Waals surface area contributed by atoms with Crippen LogP contribution in [0.15, 0.2) is 54.9 Å². The van der Waals surface area contributed by atoms with Gasteiger partial charge in [0, 0.05) is 29.5 Å². The Morgan fingerprint density at radius 3 is 2.51 bits per heavy atom. The molecule has 0 saturated heterocycles. The van der Waals surface area contributed by atoms with Crippen molar-refractivity contribution in [1.29, 1.82) is 0 Å². The molecule has 0 saturated carbocycles. The summed E-state index contributed by atoms with van der Waals surface area (Å²) in [4.78, 5) is 24.8. The predicted molar refractivity (Wildman–Crippen MR) is 136 cm³/mol. The predicted octanol–water partition coefficient (Wildman–Crippen LogP) is 5.37. The first-order chi connectivity index (χ1) is 16.9. The zero-order valence-electron chi connectivity index (χ0n) is 20.3. The van der Waals surface area contributed by atoms with Gasteiger partial charge in [0.25, 0.3) is 0 Å². The van der Waals surface area contributed by atoms with Crippen LogP contribution >= 0.6 is 0 Å². The van der Waals surface area contributed by atoms with E-state index in [0.717, 1.165) is 35.2 Å². The average Bonchev–Trinajstić information content (AvgIpc) is 3.41. The van der Waals surface area contributed by atoms with Crippen molar-refractivity contribution < 1.29 is 19.1 Å². The number of carbonyl (C=O) groups excluding carboxylic acids is 2. The third kappa shape index (κ3) is 4.98. The Hall–Kier alpha value is -4.27. The second-order valence-corrected chi connectivity index (χ2v) is 8.02. The highest BCUT2D eigenvalue weighted by atomic mass is 16.5. The first-order valence-electron chi connectivity index (χ1n) is 11.5. The number of anilines is 2. The lowest BCUT2D eigenvalue weighted by Crippen LogP contribution is -2.20. The molecule has 0 bridgehead atoms. The monoisotopic (exact) mass is 475 g/mol. The number of rotatable bonds is 8. The molecular formula is C26H29N5O4. The number of nitrogens with zero attached hydrogens (tertiary/aromatic N) is 3. The number of ether oxygens (including phenoxy) is 2. The number of urea groups is 1. The van der Waals surface area contributed by atoms with Crippen molar-refractivity contribution in [2.45, 2.75) is 33.7 Å². The van der Waals surface area contributed by atoms with E-state index in [1.807, 2.05) is 42.2 Å². The molecule has 35 heavy (non-hydrogen) atoms. The molecule has 0 aliphatic rings. The number of aromatic nitrogens is 3. The van der Waals surface area contributed by atoms with Gasteiger partial charge in [-0.1, -0.05) is 6.92 Å². The van der Waals surface area contributed by atoms with Crippen LogP contribution in [-0.2, 0) is 11.3 Å². The quantitative estimate of drug-likeness (QED) is 0.334. The van der Waals surface area contributed by atoms with Crippen LogP contribution in [0.5, 0.6) is 5.75 Å². The summed E-state index contributed by atoms with van der Waals surface area (Å²) in [6, 6.07) is 11.9. The van der Waals surface area contributed by atoms with Gasteiger partial charge in [0.2, 0.25) is 0 Å². The lowest BCUT2D eigenvalue weighted by molar-refractivity contribution is 0.0526. The van der Waals surface area contributed by atoms with E-state index in [4.69, 9.17) is 9.47 Å². The van der Waals surface area contributed by atoms with Crippen LogP contribution in [0.2, 0.25) is 0 Å². The molecule has 2 heterocycles. The minimum absolute atomic E-state index is 0.304. The van der Waals surface area contributed by atoms with E-state index in [0.29, 0.717) is 29.3 Å². The van der Waals surface area contributed by atoms with Crippen molar-refractivity contribution in [3.8, 4) is 11.4 Å². The number of esters is 1. The van der Waals surface area contributed by atoms with Crippen LogP contribution in [-0.4, -0.2) is 40.1 Å². The van der Waals surface area contributed by atoms with E-state index in [9.17, 15) is 9.59 Å². The van der Waals surface area contributed by atoms with Gasteiger partial charge in [-0.15, -0.1) is 0 Å². The lowest BCUT2D eigenvalue weighted by atomic mass is 10.2. The third-order valence-electron chi connectivity index (χ3n) is 5.63. The lowest BCUT2D eigenvalue weighted by Gasteiger charge is -2.10. The zero-order valence-corrected chi connectivity index (χ0v) is 20.3. The summed E-state index contributed by atoms with van der Waals surface area (Å²) in [6.07, 6.45) is 4.80. The maximum atomic E-state index is 12.9. The summed E-state index contributed by atoms with van der Waals surface area (Å²) in [5.74, 6) is 0.289. The largest absolute Gasteiger partial charge is 0.497 e. The van der Waals surface area contributed by atoms with Crippen LogP contribution in [0.1, 0.15) is 36.3 Å². The molecule has 0 spiro atoms. The molecule has 2 amide bonds. The molecule has 9 nitrogen and oxygen atoms in total. The number of aryl methyl sites for hydroxylation is 1. The maximum Gasteiger partial charge on any atom is 0.338 e. The number of methoxy groups -OCH3 is 1. The van der Waals surface area contributed by atoms with Gasteiger partial charge in [-0.05, 0) is 62.7 Å². The van der Waals surface area contributed by atoms with Gasteiger partial charge >= 0.3 is 12.0 Å². The number of hydrogen-bond donors (Lipinski definition) is 2. The number of fused-ring (bicyclic) bond motifs is 1. The van der Waals surface area contributed by atoms with Gasteiger partial charge in [0.1, 0.15) is 5.75 Å². The molecule has 0 aliphatic carbocycles. The van der Waals surface area contributed by atoms with Crippen LogP contribution in [0, 0.1) is 6.92 Å². The Morgan fingerprint density at radius 1 is 1.06 bits per heavy atom. The fourth-order valence-corrected chi connectivity index (χ4v) is 4.01. The summed E-state index contributed by atoms with van der Waals surface area (Å²) < 4.78 is 14.4. The molecule has 0 atom stereocenters. The summed E-state index contributed by atoms with van der Waals surface area (Å²) in [7, 11) is 1.61. The van der Waals surface area contributed by atoms with Crippen molar-refractivity contribution in [3.63, 3.8) is 0 Å². The third-order valence-corrected chi connectivity index (χ3v) is 5.63. The molecule has 2 aromatic carbocycles. The Balaban J connectivity index is 1.63. The molecular weight excluding hydrogens is 446 g/mol. The molecule has 4 rings (SSSR count). The summed E-state index contributed by atoms with van der Waals surface area (Å²) in [5.41, 5.74) is 4.34. The van der Waals surface area contributed by atoms with Gasteiger partial charge in [-0.3, -0.25) is 4.68 Å². The maximum absolute atomic E-state index is 12.9. The normalized spacial score (nSPS) is 10.9. The Labute approximate surface area is 203 Å². The average molecular weight is 476 g/mol. The van der Waals surface area contributed by atoms with Crippen molar-refractivity contribution in [1.82, 2.24) is 14.3 Å². The molecule has 2 aromatic heterocycles. The Kier molecular flexibility index (Phi) is 7.05. The highest BCUT2D eigenvalue weighted by Crippen LogP contribution is 2.35. The second-order valence-electron chi connectivity index (χ2n) is 8.02. The number of carbonyl (C=O) groups is 2. The van der Waals surface area contributed by atoms with Crippen LogP contribution in [0.4, 0.5) is 16.2 Å². The standard InChI is InChI=1S/C26H29N5O4/c1-5-13-30-16-20(15-27-30)31-17(3)24(22-14-21(34-4)11-12-23(22)31)29-26(33)28-19-9-7-18(8-10-19)25(32)35-6-2/h7-12,14-16H,5-6,13H2,1-4H3,(H2,28,29,33). The van der Waals surface area contributed by atoms with E-state index in [-0.39, 0.29) is 0 Å². The number of nitrogens with one attached hydrogen (secondary N) is 2. The number of amides is 2. The van der Waals surface area contributed by atoms with Crippen LogP contribution in [0.25, 0.3) is 16.6 Å². The van der Waals surface area contributed by atoms with E-state index < -0.39 is 12.0 Å². The molecule has 2 N–H and O–H groups in total. The van der Waals surface area contributed by atoms with Crippen molar-refractivity contribution >= 4 is 34.3 Å². The SMILES string of the molecule is CCCn1cc(-n2c(C)c(NC(=O)Nc3ccc(C(=O)OCC)cc3)c3cc(OC)ccc32)cn1. The Bertz CT molecular complexity index is 1350.